The molecule has 3 fully saturated rings. The molecule has 0 spiro atoms. The van der Waals surface area contributed by atoms with Crippen LogP contribution in [0, 0.1) is 11.8 Å². The first kappa shape index (κ1) is 15.3. The van der Waals surface area contributed by atoms with E-state index in [0.717, 1.165) is 32.0 Å². The molecule has 2 aliphatic heterocycles. The lowest BCUT2D eigenvalue weighted by Gasteiger charge is -2.26. The van der Waals surface area contributed by atoms with Gasteiger partial charge in [-0.2, -0.15) is 0 Å². The number of hydrogen-bond acceptors (Lipinski definition) is 6. The van der Waals surface area contributed by atoms with E-state index in [0.29, 0.717) is 23.4 Å². The summed E-state index contributed by atoms with van der Waals surface area (Å²) in [5.74, 6) is 2.84. The summed E-state index contributed by atoms with van der Waals surface area (Å²) in [6.07, 6.45) is 5.56. The van der Waals surface area contributed by atoms with Crippen LogP contribution in [0.4, 0.5) is 5.82 Å². The van der Waals surface area contributed by atoms with Crippen LogP contribution in [0.5, 0.6) is 0 Å². The lowest BCUT2D eigenvalue weighted by Crippen LogP contribution is -2.33. The number of nitrogens with zero attached hydrogens (tertiary/aromatic N) is 5. The van der Waals surface area contributed by atoms with Gasteiger partial charge < -0.3 is 9.80 Å². The molecular formula is C18H21N5OS. The molecule has 2 aromatic rings. The summed E-state index contributed by atoms with van der Waals surface area (Å²) >= 11 is 1.47. The molecule has 1 saturated carbocycles. The number of carbonyl (C=O) groups excluding carboxylic acids is 1. The van der Waals surface area contributed by atoms with E-state index >= 15 is 0 Å². The first-order valence-corrected chi connectivity index (χ1v) is 9.96. The second-order valence-electron chi connectivity index (χ2n) is 7.44. The summed E-state index contributed by atoms with van der Waals surface area (Å²) in [6.45, 7) is 3.62. The first-order valence-electron chi connectivity index (χ1n) is 9.02. The van der Waals surface area contributed by atoms with Gasteiger partial charge in [0.25, 0.3) is 5.91 Å². The number of hydrogen-bond donors (Lipinski definition) is 0. The van der Waals surface area contributed by atoms with Gasteiger partial charge >= 0.3 is 0 Å². The molecule has 2 saturated heterocycles. The van der Waals surface area contributed by atoms with E-state index in [1.165, 1.54) is 36.3 Å². The fourth-order valence-corrected chi connectivity index (χ4v) is 4.81. The normalized spacial score (nSPS) is 25.9. The van der Waals surface area contributed by atoms with Crippen molar-refractivity contribution >= 4 is 23.1 Å². The molecule has 2 aromatic heterocycles. The highest BCUT2D eigenvalue weighted by Gasteiger charge is 2.42. The van der Waals surface area contributed by atoms with E-state index < -0.39 is 0 Å². The van der Waals surface area contributed by atoms with Gasteiger partial charge in [0.1, 0.15) is 17.8 Å². The predicted molar refractivity (Wildman–Crippen MR) is 95.8 cm³/mol. The highest BCUT2D eigenvalue weighted by molar-refractivity contribution is 7.07. The molecule has 4 heterocycles. The van der Waals surface area contributed by atoms with E-state index in [9.17, 15) is 4.79 Å². The SMILES string of the molecule is O=C(c1cscn1)N1CC2CN(c3cc(C4CCC4)ncn3)CC2C1. The van der Waals surface area contributed by atoms with Crippen LogP contribution in [0.2, 0.25) is 0 Å². The van der Waals surface area contributed by atoms with Crippen LogP contribution in [-0.2, 0) is 0 Å². The average Bonchev–Trinajstić information content (AvgIpc) is 3.28. The second kappa shape index (κ2) is 6.05. The van der Waals surface area contributed by atoms with Gasteiger partial charge in [-0.15, -0.1) is 11.3 Å². The fraction of sp³-hybridized carbons (Fsp3) is 0.556. The highest BCUT2D eigenvalue weighted by Crippen LogP contribution is 2.38. The third kappa shape index (κ3) is 2.70. The zero-order chi connectivity index (χ0) is 16.8. The number of fused-ring (bicyclic) bond motifs is 1. The third-order valence-electron chi connectivity index (χ3n) is 5.95. The fourth-order valence-electron chi connectivity index (χ4n) is 4.29. The summed E-state index contributed by atoms with van der Waals surface area (Å²) < 4.78 is 0. The number of amides is 1. The Labute approximate surface area is 150 Å². The van der Waals surface area contributed by atoms with Crippen molar-refractivity contribution in [2.24, 2.45) is 11.8 Å². The molecule has 2 unspecified atom stereocenters. The average molecular weight is 355 g/mol. The summed E-state index contributed by atoms with van der Waals surface area (Å²) in [5, 5.41) is 1.84. The van der Waals surface area contributed by atoms with Crippen LogP contribution in [0.1, 0.15) is 41.4 Å². The molecule has 7 heteroatoms. The molecule has 0 N–H and O–H groups in total. The number of carbonyl (C=O) groups is 1. The standard InChI is InChI=1S/C18H21N5OS/c24-18(16-9-25-11-21-16)23-7-13-5-22(6-14(13)8-23)17-4-15(19-10-20-17)12-2-1-3-12/h4,9-14H,1-3,5-8H2. The van der Waals surface area contributed by atoms with Gasteiger partial charge in [0, 0.05) is 61.1 Å². The third-order valence-corrected chi connectivity index (χ3v) is 6.53. The minimum atomic E-state index is 0.0801. The number of anilines is 1. The summed E-state index contributed by atoms with van der Waals surface area (Å²) in [5.41, 5.74) is 3.51. The van der Waals surface area contributed by atoms with Crippen LogP contribution in [-0.4, -0.2) is 51.9 Å². The first-order chi connectivity index (χ1) is 12.3. The molecule has 0 bridgehead atoms. The molecular weight excluding hydrogens is 334 g/mol. The Morgan fingerprint density at radius 1 is 1.08 bits per heavy atom. The monoisotopic (exact) mass is 355 g/mol. The molecule has 130 valence electrons. The van der Waals surface area contributed by atoms with Gasteiger partial charge in [0.05, 0.1) is 5.51 Å². The van der Waals surface area contributed by atoms with Crippen molar-refractivity contribution < 1.29 is 4.79 Å². The van der Waals surface area contributed by atoms with Crippen LogP contribution >= 0.6 is 11.3 Å². The van der Waals surface area contributed by atoms with Gasteiger partial charge in [-0.05, 0) is 12.8 Å². The maximum absolute atomic E-state index is 12.5. The van der Waals surface area contributed by atoms with E-state index in [4.69, 9.17) is 0 Å². The quantitative estimate of drug-likeness (QED) is 0.846. The Morgan fingerprint density at radius 3 is 2.52 bits per heavy atom. The maximum atomic E-state index is 12.5. The van der Waals surface area contributed by atoms with Gasteiger partial charge in [0.15, 0.2) is 0 Å². The van der Waals surface area contributed by atoms with Crippen molar-refractivity contribution in [1.82, 2.24) is 19.9 Å². The predicted octanol–water partition coefficient (Wildman–Crippen LogP) is 2.41. The highest BCUT2D eigenvalue weighted by atomic mass is 32.1. The van der Waals surface area contributed by atoms with Crippen molar-refractivity contribution in [3.63, 3.8) is 0 Å². The van der Waals surface area contributed by atoms with E-state index in [2.05, 4.69) is 25.9 Å². The van der Waals surface area contributed by atoms with Crippen LogP contribution in [0.25, 0.3) is 0 Å². The summed E-state index contributed by atoms with van der Waals surface area (Å²) in [6, 6.07) is 2.18. The van der Waals surface area contributed by atoms with Crippen molar-refractivity contribution in [2.45, 2.75) is 25.2 Å². The maximum Gasteiger partial charge on any atom is 0.273 e. The molecule has 3 aliphatic rings. The van der Waals surface area contributed by atoms with Gasteiger partial charge in [-0.3, -0.25) is 4.79 Å². The smallest absolute Gasteiger partial charge is 0.273 e. The number of aromatic nitrogens is 3. The lowest BCUT2D eigenvalue weighted by atomic mass is 9.83. The van der Waals surface area contributed by atoms with Crippen LogP contribution in [0.3, 0.4) is 0 Å². The lowest BCUT2D eigenvalue weighted by molar-refractivity contribution is 0.0777. The van der Waals surface area contributed by atoms with E-state index in [1.54, 1.807) is 11.8 Å². The Morgan fingerprint density at radius 2 is 1.88 bits per heavy atom. The van der Waals surface area contributed by atoms with Crippen molar-refractivity contribution in [3.8, 4) is 0 Å². The Hall–Kier alpha value is -2.02. The Balaban J connectivity index is 1.26. The zero-order valence-corrected chi connectivity index (χ0v) is 14.9. The molecule has 1 amide bonds. The number of rotatable bonds is 3. The van der Waals surface area contributed by atoms with Gasteiger partial charge in [-0.1, -0.05) is 6.42 Å². The largest absolute Gasteiger partial charge is 0.356 e. The molecule has 0 radical (unpaired) electrons. The van der Waals surface area contributed by atoms with Crippen molar-refractivity contribution in [1.29, 1.82) is 0 Å². The minimum Gasteiger partial charge on any atom is -0.356 e. The number of thiazole rings is 1. The summed E-state index contributed by atoms with van der Waals surface area (Å²) in [4.78, 5) is 30.0. The van der Waals surface area contributed by atoms with Gasteiger partial charge in [0.2, 0.25) is 0 Å². The molecule has 5 rings (SSSR count). The molecule has 2 atom stereocenters. The molecule has 1 aliphatic carbocycles. The van der Waals surface area contributed by atoms with Gasteiger partial charge in [-0.25, -0.2) is 15.0 Å². The number of likely N-dealkylation sites (tertiary alicyclic amines) is 1. The van der Waals surface area contributed by atoms with Crippen LogP contribution < -0.4 is 4.90 Å². The molecule has 25 heavy (non-hydrogen) atoms. The van der Waals surface area contributed by atoms with Crippen molar-refractivity contribution in [2.75, 3.05) is 31.1 Å². The molecule has 0 aromatic carbocycles. The minimum absolute atomic E-state index is 0.0801. The topological polar surface area (TPSA) is 62.2 Å². The van der Waals surface area contributed by atoms with E-state index in [-0.39, 0.29) is 5.91 Å². The molecule has 6 nitrogen and oxygen atoms in total. The van der Waals surface area contributed by atoms with Crippen molar-refractivity contribution in [3.05, 3.63) is 34.7 Å². The Kier molecular flexibility index (Phi) is 3.69. The second-order valence-corrected chi connectivity index (χ2v) is 8.16. The van der Waals surface area contributed by atoms with E-state index in [1.807, 2.05) is 10.3 Å². The van der Waals surface area contributed by atoms with Crippen LogP contribution in [0.15, 0.2) is 23.3 Å². The zero-order valence-electron chi connectivity index (χ0n) is 14.0. The summed E-state index contributed by atoms with van der Waals surface area (Å²) in [7, 11) is 0. The Bertz CT molecular complexity index is 762.